The first kappa shape index (κ1) is 12.6. The van der Waals surface area contributed by atoms with E-state index in [1.165, 1.54) is 17.5 Å². The molecule has 88 valence electrons. The van der Waals surface area contributed by atoms with Crippen LogP contribution in [0.4, 0.5) is 0 Å². The molecule has 1 rings (SSSR count). The molecule has 2 N–H and O–H groups in total. The summed E-state index contributed by atoms with van der Waals surface area (Å²) < 4.78 is 0. The Morgan fingerprint density at radius 1 is 1.62 bits per heavy atom. The first-order valence-corrected chi connectivity index (χ1v) is 5.82. The molecule has 1 aromatic heterocycles. The van der Waals surface area contributed by atoms with Crippen LogP contribution < -0.4 is 5.32 Å². The minimum atomic E-state index is -1.00. The van der Waals surface area contributed by atoms with Gasteiger partial charge in [-0.25, -0.2) is 9.78 Å². The number of aryl methyl sites for hydroxylation is 1. The van der Waals surface area contributed by atoms with Crippen LogP contribution in [0.1, 0.15) is 34.4 Å². The summed E-state index contributed by atoms with van der Waals surface area (Å²) in [5.74, 6) is -1.37. The van der Waals surface area contributed by atoms with Crippen molar-refractivity contribution in [3.63, 3.8) is 0 Å². The Balaban J connectivity index is 2.65. The summed E-state index contributed by atoms with van der Waals surface area (Å²) in [5, 5.41) is 12.1. The fourth-order valence-corrected chi connectivity index (χ4v) is 1.92. The summed E-state index contributed by atoms with van der Waals surface area (Å²) in [7, 11) is 0. The topological polar surface area (TPSA) is 79.3 Å². The van der Waals surface area contributed by atoms with Gasteiger partial charge in [0.25, 0.3) is 5.91 Å². The Hall–Kier alpha value is -1.43. The molecule has 1 unspecified atom stereocenters. The molecule has 0 aliphatic carbocycles. The molecule has 0 fully saturated rings. The van der Waals surface area contributed by atoms with Gasteiger partial charge in [0.2, 0.25) is 0 Å². The van der Waals surface area contributed by atoms with E-state index in [4.69, 9.17) is 5.11 Å². The minimum Gasteiger partial charge on any atom is -0.480 e. The highest BCUT2D eigenvalue weighted by atomic mass is 32.1. The second kappa shape index (κ2) is 5.60. The van der Waals surface area contributed by atoms with Crippen molar-refractivity contribution in [3.8, 4) is 0 Å². The fraction of sp³-hybridized carbons (Fsp3) is 0.500. The van der Waals surface area contributed by atoms with Crippen molar-refractivity contribution in [1.82, 2.24) is 10.3 Å². The average molecular weight is 242 g/mol. The zero-order valence-corrected chi connectivity index (χ0v) is 10.0. The maximum atomic E-state index is 11.6. The highest BCUT2D eigenvalue weighted by molar-refractivity contribution is 7.13. The number of carbonyl (C=O) groups is 2. The molecule has 16 heavy (non-hydrogen) atoms. The second-order valence-corrected chi connectivity index (χ2v) is 4.63. The molecule has 0 aromatic carbocycles. The van der Waals surface area contributed by atoms with Crippen LogP contribution in [0.5, 0.6) is 0 Å². The number of hydrogen-bond acceptors (Lipinski definition) is 4. The molecule has 0 aliphatic heterocycles. The van der Waals surface area contributed by atoms with Crippen LogP contribution in [-0.2, 0) is 4.79 Å². The van der Waals surface area contributed by atoms with Gasteiger partial charge in [-0.1, -0.05) is 13.3 Å². The van der Waals surface area contributed by atoms with Gasteiger partial charge in [0.05, 0.1) is 11.2 Å². The van der Waals surface area contributed by atoms with E-state index in [0.717, 1.165) is 5.01 Å². The Morgan fingerprint density at radius 3 is 2.75 bits per heavy atom. The van der Waals surface area contributed by atoms with E-state index < -0.39 is 12.0 Å². The molecule has 0 radical (unpaired) electrons. The maximum Gasteiger partial charge on any atom is 0.326 e. The highest BCUT2D eigenvalue weighted by Crippen LogP contribution is 2.11. The van der Waals surface area contributed by atoms with Crippen LogP contribution in [0.15, 0.2) is 6.20 Å². The molecule has 6 heteroatoms. The van der Waals surface area contributed by atoms with Gasteiger partial charge in [-0.2, -0.15) is 0 Å². The number of aliphatic carboxylic acids is 1. The summed E-state index contributed by atoms with van der Waals surface area (Å²) in [6, 6.07) is -0.820. The number of thiazole rings is 1. The quantitative estimate of drug-likeness (QED) is 0.818. The zero-order valence-electron chi connectivity index (χ0n) is 9.19. The number of amides is 1. The van der Waals surface area contributed by atoms with E-state index in [9.17, 15) is 9.59 Å². The molecule has 0 saturated heterocycles. The Bertz CT molecular complexity index is 389. The number of rotatable bonds is 5. The predicted octanol–water partition coefficient (Wildman–Crippen LogP) is 1.43. The van der Waals surface area contributed by atoms with E-state index in [1.807, 2.05) is 6.92 Å². The first-order chi connectivity index (χ1) is 7.54. The van der Waals surface area contributed by atoms with Crippen LogP contribution in [-0.4, -0.2) is 28.0 Å². The van der Waals surface area contributed by atoms with Crippen molar-refractivity contribution in [2.75, 3.05) is 0 Å². The summed E-state index contributed by atoms with van der Waals surface area (Å²) >= 11 is 1.25. The summed E-state index contributed by atoms with van der Waals surface area (Å²) in [5.41, 5.74) is 0. The third kappa shape index (κ3) is 3.30. The molecule has 1 aromatic rings. The zero-order chi connectivity index (χ0) is 12.1. The van der Waals surface area contributed by atoms with Gasteiger partial charge < -0.3 is 10.4 Å². The van der Waals surface area contributed by atoms with Crippen molar-refractivity contribution in [2.24, 2.45) is 0 Å². The number of nitrogens with zero attached hydrogens (tertiary/aromatic N) is 1. The Labute approximate surface area is 97.5 Å². The van der Waals surface area contributed by atoms with Crippen LogP contribution in [0.2, 0.25) is 0 Å². The van der Waals surface area contributed by atoms with E-state index in [-0.39, 0.29) is 5.91 Å². The summed E-state index contributed by atoms with van der Waals surface area (Å²) in [6.07, 6.45) is 2.60. The third-order valence-corrected chi connectivity index (χ3v) is 2.94. The lowest BCUT2D eigenvalue weighted by molar-refractivity contribution is -0.139. The lowest BCUT2D eigenvalue weighted by Gasteiger charge is -2.12. The Morgan fingerprint density at radius 2 is 2.31 bits per heavy atom. The van der Waals surface area contributed by atoms with Gasteiger partial charge >= 0.3 is 5.97 Å². The van der Waals surface area contributed by atoms with E-state index in [2.05, 4.69) is 10.3 Å². The molecule has 0 bridgehead atoms. The van der Waals surface area contributed by atoms with Gasteiger partial charge in [0.15, 0.2) is 0 Å². The van der Waals surface area contributed by atoms with Crippen molar-refractivity contribution in [3.05, 3.63) is 16.1 Å². The third-order valence-electron chi connectivity index (χ3n) is 2.03. The van der Waals surface area contributed by atoms with E-state index in [1.54, 1.807) is 6.92 Å². The van der Waals surface area contributed by atoms with E-state index >= 15 is 0 Å². The first-order valence-electron chi connectivity index (χ1n) is 5.00. The average Bonchev–Trinajstić information content (AvgIpc) is 2.64. The van der Waals surface area contributed by atoms with Gasteiger partial charge in [0.1, 0.15) is 10.9 Å². The number of hydrogen-bond donors (Lipinski definition) is 2. The van der Waals surface area contributed by atoms with Crippen LogP contribution in [0.3, 0.4) is 0 Å². The van der Waals surface area contributed by atoms with Gasteiger partial charge in [0, 0.05) is 0 Å². The lowest BCUT2D eigenvalue weighted by atomic mass is 10.1. The largest absolute Gasteiger partial charge is 0.480 e. The Kier molecular flexibility index (Phi) is 4.42. The van der Waals surface area contributed by atoms with Crippen molar-refractivity contribution < 1.29 is 14.7 Å². The number of carbonyl (C=O) groups excluding carboxylic acids is 1. The predicted molar refractivity (Wildman–Crippen MR) is 60.6 cm³/mol. The number of nitrogens with one attached hydrogen (secondary N) is 1. The fourth-order valence-electron chi connectivity index (χ4n) is 1.24. The van der Waals surface area contributed by atoms with Crippen LogP contribution in [0.25, 0.3) is 0 Å². The molecular weight excluding hydrogens is 228 g/mol. The molecule has 0 saturated carbocycles. The second-order valence-electron chi connectivity index (χ2n) is 3.40. The molecule has 5 nitrogen and oxygen atoms in total. The molecule has 1 amide bonds. The molecule has 0 spiro atoms. The minimum absolute atomic E-state index is 0.369. The van der Waals surface area contributed by atoms with Crippen molar-refractivity contribution in [1.29, 1.82) is 0 Å². The standard InChI is InChI=1S/C10H14N2O3S/c1-3-4-7(10(14)15)12-9(13)8-5-11-6(2)16-8/h5,7H,3-4H2,1-2H3,(H,12,13)(H,14,15). The normalized spacial score (nSPS) is 12.1. The number of carboxylic acid groups (broad SMARTS) is 1. The van der Waals surface area contributed by atoms with Crippen LogP contribution in [0, 0.1) is 6.92 Å². The van der Waals surface area contributed by atoms with Crippen molar-refractivity contribution in [2.45, 2.75) is 32.7 Å². The lowest BCUT2D eigenvalue weighted by Crippen LogP contribution is -2.40. The molecule has 1 atom stereocenters. The molecule has 0 aliphatic rings. The van der Waals surface area contributed by atoms with Crippen molar-refractivity contribution >= 4 is 23.2 Å². The SMILES string of the molecule is CCCC(NC(=O)c1cnc(C)s1)C(=O)O. The van der Waals surface area contributed by atoms with Gasteiger partial charge in [-0.05, 0) is 13.3 Å². The van der Waals surface area contributed by atoms with Gasteiger partial charge in [-0.3, -0.25) is 4.79 Å². The van der Waals surface area contributed by atoms with Gasteiger partial charge in [-0.15, -0.1) is 11.3 Å². The summed E-state index contributed by atoms with van der Waals surface area (Å²) in [6.45, 7) is 3.67. The maximum absolute atomic E-state index is 11.6. The summed E-state index contributed by atoms with van der Waals surface area (Å²) in [4.78, 5) is 26.9. The highest BCUT2D eigenvalue weighted by Gasteiger charge is 2.20. The molecule has 1 heterocycles. The molecular formula is C10H14N2O3S. The smallest absolute Gasteiger partial charge is 0.326 e. The monoisotopic (exact) mass is 242 g/mol. The number of aromatic nitrogens is 1. The van der Waals surface area contributed by atoms with Crippen LogP contribution >= 0.6 is 11.3 Å². The number of carboxylic acids is 1. The van der Waals surface area contributed by atoms with E-state index in [0.29, 0.717) is 17.7 Å².